The van der Waals surface area contributed by atoms with Crippen molar-refractivity contribution in [3.05, 3.63) is 29.7 Å². The van der Waals surface area contributed by atoms with Gasteiger partial charge in [0.1, 0.15) is 11.5 Å². The average molecular weight is 479 g/mol. The first-order valence-electron chi connectivity index (χ1n) is 11.2. The van der Waals surface area contributed by atoms with Gasteiger partial charge in [0.2, 0.25) is 5.89 Å². The molecule has 0 radical (unpaired) electrons. The van der Waals surface area contributed by atoms with Gasteiger partial charge in [-0.25, -0.2) is 4.98 Å². The fraction of sp³-hybridized carbons (Fsp3) is 0.565. The predicted molar refractivity (Wildman–Crippen MR) is 128 cm³/mol. The summed E-state index contributed by atoms with van der Waals surface area (Å²) in [6.07, 6.45) is 0. The zero-order valence-electron chi connectivity index (χ0n) is 19.9. The zero-order valence-corrected chi connectivity index (χ0v) is 20.7. The van der Waals surface area contributed by atoms with Crippen LogP contribution in [0.25, 0.3) is 11.5 Å². The number of nitrogens with zero attached hydrogens (tertiary/aromatic N) is 3. The number of likely N-dealkylation sites (N-methyl/N-ethyl adjacent to an activating group) is 1. The van der Waals surface area contributed by atoms with E-state index >= 15 is 0 Å². The number of amides is 1. The van der Waals surface area contributed by atoms with E-state index in [-0.39, 0.29) is 17.4 Å². The Morgan fingerprint density at radius 1 is 1.18 bits per heavy atom. The Balaban J connectivity index is 1.47. The summed E-state index contributed by atoms with van der Waals surface area (Å²) < 4.78 is 28.9. The highest BCUT2D eigenvalue weighted by Gasteiger charge is 2.21. The number of ether oxygens (including phenoxy) is 2. The Kier molecular flexibility index (Phi) is 9.42. The lowest BCUT2D eigenvalue weighted by Crippen LogP contribution is -2.48. The first kappa shape index (κ1) is 25.4. The van der Waals surface area contributed by atoms with E-state index in [9.17, 15) is 9.35 Å². The second-order valence-electron chi connectivity index (χ2n) is 7.95. The van der Waals surface area contributed by atoms with Gasteiger partial charge in [0.15, 0.2) is 23.0 Å². The highest BCUT2D eigenvalue weighted by molar-refractivity contribution is 7.91. The molecule has 0 spiro atoms. The molecule has 1 amide bonds. The summed E-state index contributed by atoms with van der Waals surface area (Å²) in [4.78, 5) is 21.5. The minimum absolute atomic E-state index is 0.0540. The van der Waals surface area contributed by atoms with Crippen molar-refractivity contribution in [2.45, 2.75) is 19.6 Å². The number of nitrogens with one attached hydrogen (secondary N) is 1. The number of piperazine rings is 1. The number of rotatable bonds is 11. The fourth-order valence-electron chi connectivity index (χ4n) is 3.74. The molecule has 1 aliphatic rings. The lowest BCUT2D eigenvalue weighted by atomic mass is 10.2. The molecular weight excluding hydrogens is 444 g/mol. The summed E-state index contributed by atoms with van der Waals surface area (Å²) in [5.41, 5.74) is 1.31. The first-order chi connectivity index (χ1) is 15.9. The molecule has 2 heterocycles. The molecule has 2 aromatic rings. The summed E-state index contributed by atoms with van der Waals surface area (Å²) in [7, 11) is 3.14. The van der Waals surface area contributed by atoms with Crippen LogP contribution in [0.4, 0.5) is 0 Å². The zero-order chi connectivity index (χ0) is 23.8. The SMILES string of the molecule is CCN1CCN(CCNC(=O)C[S+]([O-])Cc2nc(-c3ccc(OC)c(OC)c3)oc2C)CC1. The number of aryl methyl sites for hydroxylation is 1. The molecule has 1 aromatic heterocycles. The van der Waals surface area contributed by atoms with Crippen LogP contribution in [0.15, 0.2) is 22.6 Å². The van der Waals surface area contributed by atoms with E-state index in [0.717, 1.165) is 44.8 Å². The van der Waals surface area contributed by atoms with Crippen LogP contribution < -0.4 is 14.8 Å². The van der Waals surface area contributed by atoms with Crippen LogP contribution in [-0.2, 0) is 21.7 Å². The fourth-order valence-corrected chi connectivity index (χ4v) is 4.81. The summed E-state index contributed by atoms with van der Waals surface area (Å²) in [6.45, 7) is 10.6. The Bertz CT molecular complexity index is 914. The second-order valence-corrected chi connectivity index (χ2v) is 9.40. The number of oxazole rings is 1. The average Bonchev–Trinajstić information content (AvgIpc) is 3.18. The van der Waals surface area contributed by atoms with Crippen LogP contribution in [0.5, 0.6) is 11.5 Å². The van der Waals surface area contributed by atoms with Crippen LogP contribution in [0.2, 0.25) is 0 Å². The van der Waals surface area contributed by atoms with E-state index in [0.29, 0.717) is 35.4 Å². The Labute approximate surface area is 198 Å². The molecular formula is C23H34N4O5S. The third kappa shape index (κ3) is 7.10. The number of benzene rings is 1. The summed E-state index contributed by atoms with van der Waals surface area (Å²) in [6, 6.07) is 5.38. The predicted octanol–water partition coefficient (Wildman–Crippen LogP) is 1.67. The molecule has 1 N–H and O–H groups in total. The minimum Gasteiger partial charge on any atom is -0.616 e. The normalized spacial score (nSPS) is 15.9. The van der Waals surface area contributed by atoms with Gasteiger partial charge in [-0.15, -0.1) is 0 Å². The molecule has 182 valence electrons. The highest BCUT2D eigenvalue weighted by Crippen LogP contribution is 2.32. The van der Waals surface area contributed by atoms with Crippen molar-refractivity contribution >= 4 is 17.1 Å². The van der Waals surface area contributed by atoms with Gasteiger partial charge in [-0.1, -0.05) is 6.92 Å². The van der Waals surface area contributed by atoms with E-state index in [1.165, 1.54) is 0 Å². The van der Waals surface area contributed by atoms with Crippen LogP contribution in [0.3, 0.4) is 0 Å². The molecule has 3 rings (SSSR count). The Morgan fingerprint density at radius 2 is 1.88 bits per heavy atom. The molecule has 1 aliphatic heterocycles. The number of hydrogen-bond acceptors (Lipinski definition) is 8. The molecule has 0 aliphatic carbocycles. The Morgan fingerprint density at radius 3 is 2.55 bits per heavy atom. The first-order valence-corrected chi connectivity index (χ1v) is 12.7. The third-order valence-corrected chi connectivity index (χ3v) is 6.95. The molecule has 1 aromatic carbocycles. The quantitative estimate of drug-likeness (QED) is 0.487. The number of carbonyl (C=O) groups is 1. The van der Waals surface area contributed by atoms with E-state index < -0.39 is 11.2 Å². The molecule has 1 atom stereocenters. The van der Waals surface area contributed by atoms with Gasteiger partial charge >= 0.3 is 0 Å². The highest BCUT2D eigenvalue weighted by atomic mass is 32.2. The second kappa shape index (κ2) is 12.3. The van der Waals surface area contributed by atoms with Gasteiger partial charge in [0.05, 0.1) is 14.2 Å². The number of methoxy groups -OCH3 is 2. The number of hydrogen-bond donors (Lipinski definition) is 1. The largest absolute Gasteiger partial charge is 0.616 e. The lowest BCUT2D eigenvalue weighted by molar-refractivity contribution is -0.118. The maximum Gasteiger partial charge on any atom is 0.269 e. The van der Waals surface area contributed by atoms with Crippen molar-refractivity contribution < 1.29 is 23.2 Å². The Hall–Kier alpha value is -2.27. The molecule has 1 fully saturated rings. The molecule has 0 bridgehead atoms. The van der Waals surface area contributed by atoms with E-state index in [1.54, 1.807) is 33.3 Å². The minimum atomic E-state index is -1.38. The smallest absolute Gasteiger partial charge is 0.269 e. The van der Waals surface area contributed by atoms with Crippen LogP contribution in [0, 0.1) is 6.92 Å². The summed E-state index contributed by atoms with van der Waals surface area (Å²) in [5, 5.41) is 2.88. The van der Waals surface area contributed by atoms with Crippen LogP contribution in [0.1, 0.15) is 18.4 Å². The molecule has 1 saturated heterocycles. The standard InChI is InChI=1S/C23H34N4O5S/c1-5-26-10-12-27(13-11-26)9-8-24-22(28)16-33(29)15-19-17(2)32-23(25-19)18-6-7-20(30-3)21(14-18)31-4/h6-7,14H,5,8-13,15-16H2,1-4H3,(H,24,28). The van der Waals surface area contributed by atoms with Crippen molar-refractivity contribution in [1.82, 2.24) is 20.1 Å². The van der Waals surface area contributed by atoms with Crippen molar-refractivity contribution in [1.29, 1.82) is 0 Å². The maximum absolute atomic E-state index is 12.6. The van der Waals surface area contributed by atoms with Gasteiger partial charge < -0.3 is 28.7 Å². The van der Waals surface area contributed by atoms with E-state index in [1.807, 2.05) is 6.07 Å². The summed E-state index contributed by atoms with van der Waals surface area (Å²) in [5.74, 6) is 2.07. The molecule has 33 heavy (non-hydrogen) atoms. The van der Waals surface area contributed by atoms with Crippen LogP contribution >= 0.6 is 0 Å². The van der Waals surface area contributed by atoms with Gasteiger partial charge in [-0.05, 0) is 42.8 Å². The molecule has 10 heteroatoms. The molecule has 9 nitrogen and oxygen atoms in total. The topological polar surface area (TPSA) is 103 Å². The van der Waals surface area contributed by atoms with Crippen molar-refractivity contribution in [3.63, 3.8) is 0 Å². The third-order valence-electron chi connectivity index (χ3n) is 5.78. The van der Waals surface area contributed by atoms with Crippen molar-refractivity contribution in [3.8, 4) is 23.0 Å². The van der Waals surface area contributed by atoms with Gasteiger partial charge in [-0.3, -0.25) is 9.69 Å². The van der Waals surface area contributed by atoms with Gasteiger partial charge in [0.25, 0.3) is 5.91 Å². The van der Waals surface area contributed by atoms with Crippen molar-refractivity contribution in [2.24, 2.45) is 0 Å². The molecule has 1 unspecified atom stereocenters. The van der Waals surface area contributed by atoms with E-state index in [2.05, 4.69) is 27.0 Å². The number of aromatic nitrogens is 1. The van der Waals surface area contributed by atoms with Gasteiger partial charge in [-0.2, -0.15) is 0 Å². The van der Waals surface area contributed by atoms with Crippen LogP contribution in [-0.4, -0.2) is 91.0 Å². The number of carbonyl (C=O) groups excluding carboxylic acids is 1. The van der Waals surface area contributed by atoms with Crippen molar-refractivity contribution in [2.75, 3.05) is 65.8 Å². The summed E-state index contributed by atoms with van der Waals surface area (Å²) >= 11 is -1.38. The maximum atomic E-state index is 12.6. The molecule has 0 saturated carbocycles. The monoisotopic (exact) mass is 478 g/mol. The van der Waals surface area contributed by atoms with E-state index in [4.69, 9.17) is 13.9 Å². The van der Waals surface area contributed by atoms with Gasteiger partial charge in [0, 0.05) is 44.8 Å². The lowest BCUT2D eigenvalue weighted by Gasteiger charge is -2.33.